The monoisotopic (exact) mass is 721 g/mol. The molecule has 1 aromatic heterocycles. The van der Waals surface area contributed by atoms with E-state index in [4.69, 9.17) is 14.6 Å². The molecule has 238 valence electrons. The Kier molecular flexibility index (Phi) is 10.6. The van der Waals surface area contributed by atoms with E-state index in [0.29, 0.717) is 22.8 Å². The molecule has 10 nitrogen and oxygen atoms in total. The van der Waals surface area contributed by atoms with Crippen LogP contribution in [0.2, 0.25) is 0 Å². The van der Waals surface area contributed by atoms with Crippen molar-refractivity contribution in [3.63, 3.8) is 0 Å². The minimum Gasteiger partial charge on any atom is -0.497 e. The van der Waals surface area contributed by atoms with Gasteiger partial charge >= 0.3 is 0 Å². The van der Waals surface area contributed by atoms with Crippen molar-refractivity contribution in [2.75, 3.05) is 19.0 Å². The molecular formula is C33H32BrN5O5S2. The zero-order valence-electron chi connectivity index (χ0n) is 25.1. The number of benzene rings is 4. The Morgan fingerprint density at radius 3 is 2.37 bits per heavy atom. The number of rotatable bonds is 12. The lowest BCUT2D eigenvalue weighted by atomic mass is 10.1. The molecule has 1 amide bonds. The molecule has 0 unspecified atom stereocenters. The summed E-state index contributed by atoms with van der Waals surface area (Å²) in [5.41, 5.74) is 5.55. The number of anilines is 1. The van der Waals surface area contributed by atoms with E-state index >= 15 is 0 Å². The van der Waals surface area contributed by atoms with Crippen molar-refractivity contribution >= 4 is 48.9 Å². The van der Waals surface area contributed by atoms with Gasteiger partial charge in [0.25, 0.3) is 5.91 Å². The topological polar surface area (TPSA) is 137 Å². The third-order valence-electron chi connectivity index (χ3n) is 6.86. The first-order chi connectivity index (χ1) is 22.2. The predicted octanol–water partition coefficient (Wildman–Crippen LogP) is 6.87. The lowest BCUT2D eigenvalue weighted by Crippen LogP contribution is -2.25. The molecule has 0 atom stereocenters. The van der Waals surface area contributed by atoms with Crippen molar-refractivity contribution in [3.8, 4) is 34.2 Å². The van der Waals surface area contributed by atoms with Crippen LogP contribution < -0.4 is 30.2 Å². The van der Waals surface area contributed by atoms with Gasteiger partial charge in [-0.3, -0.25) is 9.36 Å². The number of hydrogen-bond donors (Lipinski definition) is 3. The molecule has 0 spiro atoms. The van der Waals surface area contributed by atoms with Gasteiger partial charge in [-0.2, -0.15) is 0 Å². The molecule has 4 aromatic carbocycles. The van der Waals surface area contributed by atoms with Gasteiger partial charge < -0.3 is 14.8 Å². The molecule has 0 saturated heterocycles. The number of thiazole rings is 1. The fourth-order valence-electron chi connectivity index (χ4n) is 4.54. The van der Waals surface area contributed by atoms with E-state index in [1.807, 2.05) is 71.5 Å². The first-order valence-electron chi connectivity index (χ1n) is 14.3. The molecule has 0 aliphatic carbocycles. The summed E-state index contributed by atoms with van der Waals surface area (Å²) < 4.78 is 39.7. The number of hydrogen-bond acceptors (Lipinski definition) is 8. The highest BCUT2D eigenvalue weighted by atomic mass is 79.9. The second kappa shape index (κ2) is 14.8. The number of amides is 1. The first-order valence-corrected chi connectivity index (χ1v) is 17.5. The van der Waals surface area contributed by atoms with Crippen LogP contribution in [-0.4, -0.2) is 32.5 Å². The maximum absolute atomic E-state index is 13.6. The van der Waals surface area contributed by atoms with E-state index in [9.17, 15) is 13.2 Å². The average molecular weight is 723 g/mol. The highest BCUT2D eigenvalue weighted by Gasteiger charge is 2.24. The van der Waals surface area contributed by atoms with Crippen LogP contribution in [0.1, 0.15) is 30.1 Å². The molecule has 0 aliphatic rings. The van der Waals surface area contributed by atoms with Crippen LogP contribution in [0.5, 0.6) is 17.2 Å². The van der Waals surface area contributed by atoms with E-state index in [2.05, 4.69) is 31.8 Å². The number of nitrogens with zero attached hydrogens (tertiary/aromatic N) is 2. The molecule has 0 saturated carbocycles. The number of para-hydroxylation sites is 1. The van der Waals surface area contributed by atoms with Gasteiger partial charge in [0.15, 0.2) is 5.75 Å². The van der Waals surface area contributed by atoms with E-state index in [1.165, 1.54) is 23.5 Å². The summed E-state index contributed by atoms with van der Waals surface area (Å²) in [6.45, 7) is 2.56. The smallest absolute Gasteiger partial charge is 0.271 e. The van der Waals surface area contributed by atoms with Gasteiger partial charge in [-0.05, 0) is 84.8 Å². The van der Waals surface area contributed by atoms with Crippen molar-refractivity contribution in [2.24, 2.45) is 10.2 Å². The van der Waals surface area contributed by atoms with Gasteiger partial charge in [0, 0.05) is 27.6 Å². The Labute approximate surface area is 279 Å². The number of aromatic nitrogens is 1. The predicted molar refractivity (Wildman–Crippen MR) is 184 cm³/mol. The van der Waals surface area contributed by atoms with E-state index in [0.717, 1.165) is 40.0 Å². The lowest BCUT2D eigenvalue weighted by Gasteiger charge is -2.17. The number of ether oxygens (including phenoxy) is 2. The normalized spacial score (nSPS) is 11.7. The number of methoxy groups -OCH3 is 1. The van der Waals surface area contributed by atoms with Crippen molar-refractivity contribution < 1.29 is 22.7 Å². The summed E-state index contributed by atoms with van der Waals surface area (Å²) in [6.07, 6.45) is 1.72. The molecule has 5 rings (SSSR count). The molecular weight excluding hydrogens is 690 g/mol. The average Bonchev–Trinajstić information content (AvgIpc) is 3.48. The summed E-state index contributed by atoms with van der Waals surface area (Å²) in [5.74, 6) is 0.528. The maximum Gasteiger partial charge on any atom is 0.271 e. The lowest BCUT2D eigenvalue weighted by molar-refractivity contribution is 0.0952. The summed E-state index contributed by atoms with van der Waals surface area (Å²) in [6, 6.07) is 26.8. The third kappa shape index (κ3) is 7.85. The van der Waals surface area contributed by atoms with Gasteiger partial charge in [0.05, 0.1) is 18.5 Å². The van der Waals surface area contributed by atoms with Gasteiger partial charge in [0.2, 0.25) is 14.8 Å². The number of sulfonamides is 1. The largest absolute Gasteiger partial charge is 0.497 e. The summed E-state index contributed by atoms with van der Waals surface area (Å²) >= 11 is 4.82. The quantitative estimate of drug-likeness (QED) is 0.0950. The highest BCUT2D eigenvalue weighted by Crippen LogP contribution is 2.37. The minimum atomic E-state index is -4.30. The number of nitrogens with two attached hydrogens (primary N) is 1. The van der Waals surface area contributed by atoms with Crippen molar-refractivity contribution in [3.05, 3.63) is 111 Å². The second-order valence-electron chi connectivity index (χ2n) is 10.1. The Morgan fingerprint density at radius 1 is 1.00 bits per heavy atom. The molecule has 0 aliphatic heterocycles. The molecule has 0 fully saturated rings. The van der Waals surface area contributed by atoms with Crippen molar-refractivity contribution in [1.29, 1.82) is 0 Å². The molecule has 5 aromatic rings. The van der Waals surface area contributed by atoms with Crippen LogP contribution in [0.4, 0.5) is 5.69 Å². The molecule has 46 heavy (non-hydrogen) atoms. The third-order valence-corrected chi connectivity index (χ3v) is 9.14. The zero-order valence-corrected chi connectivity index (χ0v) is 28.3. The van der Waals surface area contributed by atoms with E-state index in [-0.39, 0.29) is 16.2 Å². The number of primary sulfonamides is 1. The number of carbonyl (C=O) groups excluding carboxylic acids is 1. The van der Waals surface area contributed by atoms with E-state index in [1.54, 1.807) is 31.4 Å². The standard InChI is InChI=1S/C33H32BrN5O5S2/c1-3-4-18-36-28-19-23(20-30(46(35,41)42)31(28)44-27-8-6-5-7-9-27)32(40)37-38-33-39(25-14-12-24(34)13-15-25)29(21-45-33)22-10-16-26(43-2)17-11-22/h5-17,19-21,36H,3-4,18H2,1-2H3,(H,37,40)(H2,35,41,42)/b38-33-. The van der Waals surface area contributed by atoms with Gasteiger partial charge in [-0.15, -0.1) is 16.4 Å². The Morgan fingerprint density at radius 2 is 1.72 bits per heavy atom. The van der Waals surface area contributed by atoms with Crippen LogP contribution in [0.3, 0.4) is 0 Å². The fourth-order valence-corrected chi connectivity index (χ4v) is 6.37. The van der Waals surface area contributed by atoms with Crippen LogP contribution in [-0.2, 0) is 10.0 Å². The van der Waals surface area contributed by atoms with Crippen molar-refractivity contribution in [1.82, 2.24) is 9.99 Å². The van der Waals surface area contributed by atoms with Crippen LogP contribution >= 0.6 is 27.3 Å². The molecule has 4 N–H and O–H groups in total. The number of nitrogens with one attached hydrogen (secondary N) is 2. The van der Waals surface area contributed by atoms with E-state index < -0.39 is 15.9 Å². The first kappa shape index (κ1) is 32.9. The van der Waals surface area contributed by atoms with Crippen LogP contribution in [0.15, 0.2) is 111 Å². The summed E-state index contributed by atoms with van der Waals surface area (Å²) in [4.78, 5) is 13.7. The Hall–Kier alpha value is -4.43. The Bertz CT molecular complexity index is 1990. The second-order valence-corrected chi connectivity index (χ2v) is 13.4. The number of carbonyl (C=O) groups is 1. The van der Waals surface area contributed by atoms with Crippen LogP contribution in [0, 0.1) is 0 Å². The molecule has 13 heteroatoms. The van der Waals surface area contributed by atoms with Gasteiger partial charge in [0.1, 0.15) is 16.4 Å². The molecule has 0 bridgehead atoms. The maximum atomic E-state index is 13.6. The Balaban J connectivity index is 1.56. The highest BCUT2D eigenvalue weighted by molar-refractivity contribution is 9.10. The summed E-state index contributed by atoms with van der Waals surface area (Å²) in [5, 5.41) is 15.3. The molecule has 0 radical (unpaired) electrons. The fraction of sp³-hybridized carbons (Fsp3) is 0.152. The SMILES string of the molecule is CCCCNc1cc(C(=O)N/N=c2\scc(-c3ccc(OC)cc3)n2-c2ccc(Br)cc2)cc(S(N)(=O)=O)c1Oc1ccccc1. The van der Waals surface area contributed by atoms with Crippen molar-refractivity contribution in [2.45, 2.75) is 24.7 Å². The van der Waals surface area contributed by atoms with Crippen LogP contribution in [0.25, 0.3) is 16.9 Å². The zero-order chi connectivity index (χ0) is 32.7. The summed E-state index contributed by atoms with van der Waals surface area (Å²) in [7, 11) is -2.69. The van der Waals surface area contributed by atoms with Gasteiger partial charge in [-0.1, -0.05) is 47.5 Å². The molecule has 1 heterocycles. The van der Waals surface area contributed by atoms with Gasteiger partial charge in [-0.25, -0.2) is 19.0 Å². The minimum absolute atomic E-state index is 0.00811. The number of halogens is 1. The number of unbranched alkanes of at least 4 members (excludes halogenated alkanes) is 1.